The zero-order chi connectivity index (χ0) is 18.5. The maximum Gasteiger partial charge on any atom is 0.257 e. The predicted molar refractivity (Wildman–Crippen MR) is 105 cm³/mol. The van der Waals surface area contributed by atoms with Gasteiger partial charge < -0.3 is 10.6 Å². The molecule has 0 atom stereocenters. The molecule has 0 fully saturated rings. The Kier molecular flexibility index (Phi) is 5.34. The molecule has 2 amide bonds. The summed E-state index contributed by atoms with van der Waals surface area (Å²) >= 11 is 5.95. The lowest BCUT2D eigenvalue weighted by Gasteiger charge is -2.12. The van der Waals surface area contributed by atoms with Gasteiger partial charge in [-0.05, 0) is 49.4 Å². The van der Waals surface area contributed by atoms with Gasteiger partial charge in [-0.15, -0.1) is 0 Å². The standard InChI is InChI=1S/C21H17ClN2O2/c1-14-9-11-15(12-10-14)20(25)24-19-8-3-2-7-18(19)21(26)23-17-6-4-5-16(22)13-17/h2-13H,1H3,(H,23,26)(H,24,25). The van der Waals surface area contributed by atoms with Gasteiger partial charge >= 0.3 is 0 Å². The molecule has 0 saturated heterocycles. The molecule has 0 heterocycles. The van der Waals surface area contributed by atoms with Crippen molar-refractivity contribution < 1.29 is 9.59 Å². The molecule has 3 aromatic rings. The van der Waals surface area contributed by atoms with E-state index in [0.29, 0.717) is 27.5 Å². The summed E-state index contributed by atoms with van der Waals surface area (Å²) in [5.41, 5.74) is 3.00. The van der Waals surface area contributed by atoms with E-state index in [1.165, 1.54) is 0 Å². The Balaban J connectivity index is 1.80. The van der Waals surface area contributed by atoms with Gasteiger partial charge in [0.15, 0.2) is 0 Å². The quantitative estimate of drug-likeness (QED) is 0.672. The van der Waals surface area contributed by atoms with E-state index < -0.39 is 0 Å². The van der Waals surface area contributed by atoms with Crippen LogP contribution in [0, 0.1) is 6.92 Å². The fraction of sp³-hybridized carbons (Fsp3) is 0.0476. The molecule has 0 bridgehead atoms. The Morgan fingerprint density at radius 1 is 0.808 bits per heavy atom. The third-order valence-corrected chi connectivity index (χ3v) is 4.05. The third kappa shape index (κ3) is 4.29. The number of benzene rings is 3. The molecule has 5 heteroatoms. The number of nitrogens with one attached hydrogen (secondary N) is 2. The Hall–Kier alpha value is -3.11. The first-order valence-corrected chi connectivity index (χ1v) is 8.45. The third-order valence-electron chi connectivity index (χ3n) is 3.82. The van der Waals surface area contributed by atoms with Crippen molar-refractivity contribution in [3.8, 4) is 0 Å². The number of carbonyl (C=O) groups is 2. The molecule has 130 valence electrons. The van der Waals surface area contributed by atoms with Crippen molar-refractivity contribution in [2.24, 2.45) is 0 Å². The Labute approximate surface area is 156 Å². The van der Waals surface area contributed by atoms with Gasteiger partial charge in [0, 0.05) is 16.3 Å². The van der Waals surface area contributed by atoms with Gasteiger partial charge in [-0.1, -0.05) is 47.5 Å². The van der Waals surface area contributed by atoms with Gasteiger partial charge in [-0.25, -0.2) is 0 Å². The molecule has 0 aliphatic rings. The highest BCUT2D eigenvalue weighted by Crippen LogP contribution is 2.20. The number of carbonyl (C=O) groups excluding carboxylic acids is 2. The molecule has 0 aliphatic heterocycles. The van der Waals surface area contributed by atoms with E-state index in [1.807, 2.05) is 19.1 Å². The fourth-order valence-electron chi connectivity index (χ4n) is 2.45. The first-order valence-electron chi connectivity index (χ1n) is 8.07. The van der Waals surface area contributed by atoms with E-state index in [4.69, 9.17) is 11.6 Å². The van der Waals surface area contributed by atoms with Crippen LogP contribution in [0.3, 0.4) is 0 Å². The van der Waals surface area contributed by atoms with Gasteiger partial charge in [-0.3, -0.25) is 9.59 Å². The average Bonchev–Trinajstić information content (AvgIpc) is 2.62. The van der Waals surface area contributed by atoms with Crippen molar-refractivity contribution in [3.63, 3.8) is 0 Å². The minimum absolute atomic E-state index is 0.270. The minimum Gasteiger partial charge on any atom is -0.322 e. The number of hydrogen-bond donors (Lipinski definition) is 2. The van der Waals surface area contributed by atoms with Crippen LogP contribution in [0.25, 0.3) is 0 Å². The van der Waals surface area contributed by atoms with Crippen LogP contribution in [0.5, 0.6) is 0 Å². The van der Waals surface area contributed by atoms with E-state index in [2.05, 4.69) is 10.6 Å². The van der Waals surface area contributed by atoms with Gasteiger partial charge in [0.05, 0.1) is 11.3 Å². The largest absolute Gasteiger partial charge is 0.322 e. The Bertz CT molecular complexity index is 952. The number of anilines is 2. The highest BCUT2D eigenvalue weighted by molar-refractivity contribution is 6.31. The lowest BCUT2D eigenvalue weighted by Crippen LogP contribution is -2.18. The van der Waals surface area contributed by atoms with Crippen molar-refractivity contribution in [1.82, 2.24) is 0 Å². The van der Waals surface area contributed by atoms with Crippen molar-refractivity contribution >= 4 is 34.8 Å². The van der Waals surface area contributed by atoms with Crippen molar-refractivity contribution in [3.05, 3.63) is 94.5 Å². The first kappa shape index (κ1) is 17.7. The van der Waals surface area contributed by atoms with Crippen LogP contribution in [0.2, 0.25) is 5.02 Å². The molecule has 0 aromatic heterocycles. The second-order valence-electron chi connectivity index (χ2n) is 5.83. The van der Waals surface area contributed by atoms with E-state index in [9.17, 15) is 9.59 Å². The van der Waals surface area contributed by atoms with E-state index in [-0.39, 0.29) is 11.8 Å². The summed E-state index contributed by atoms with van der Waals surface area (Å²) in [5.74, 6) is -0.597. The number of halogens is 1. The second-order valence-corrected chi connectivity index (χ2v) is 6.27. The first-order chi connectivity index (χ1) is 12.5. The average molecular weight is 365 g/mol. The van der Waals surface area contributed by atoms with Gasteiger partial charge in [0.25, 0.3) is 11.8 Å². The topological polar surface area (TPSA) is 58.2 Å². The van der Waals surface area contributed by atoms with E-state index in [0.717, 1.165) is 5.56 Å². The monoisotopic (exact) mass is 364 g/mol. The number of para-hydroxylation sites is 1. The zero-order valence-corrected chi connectivity index (χ0v) is 14.9. The van der Waals surface area contributed by atoms with E-state index in [1.54, 1.807) is 60.7 Å². The summed E-state index contributed by atoms with van der Waals surface area (Å²) in [6, 6.07) is 21.0. The number of amides is 2. The maximum absolute atomic E-state index is 12.6. The Morgan fingerprint density at radius 2 is 1.54 bits per heavy atom. The highest BCUT2D eigenvalue weighted by atomic mass is 35.5. The summed E-state index contributed by atoms with van der Waals surface area (Å²) in [7, 11) is 0. The second kappa shape index (κ2) is 7.85. The SMILES string of the molecule is Cc1ccc(C(=O)Nc2ccccc2C(=O)Nc2cccc(Cl)c2)cc1. The Morgan fingerprint density at radius 3 is 2.27 bits per heavy atom. The zero-order valence-electron chi connectivity index (χ0n) is 14.1. The predicted octanol–water partition coefficient (Wildman–Crippen LogP) is 5.15. The molecular weight excluding hydrogens is 348 g/mol. The van der Waals surface area contributed by atoms with Crippen LogP contribution in [-0.4, -0.2) is 11.8 Å². The molecule has 0 radical (unpaired) electrons. The molecule has 3 rings (SSSR count). The van der Waals surface area contributed by atoms with Crippen LogP contribution in [-0.2, 0) is 0 Å². The molecule has 0 saturated carbocycles. The van der Waals surface area contributed by atoms with Crippen molar-refractivity contribution in [2.45, 2.75) is 6.92 Å². The van der Waals surface area contributed by atoms with Crippen LogP contribution < -0.4 is 10.6 Å². The minimum atomic E-state index is -0.327. The summed E-state index contributed by atoms with van der Waals surface area (Å²) in [4.78, 5) is 25.0. The number of hydrogen-bond acceptors (Lipinski definition) is 2. The van der Waals surface area contributed by atoms with E-state index >= 15 is 0 Å². The van der Waals surface area contributed by atoms with Crippen LogP contribution in [0.15, 0.2) is 72.8 Å². The van der Waals surface area contributed by atoms with Crippen molar-refractivity contribution in [1.29, 1.82) is 0 Å². The molecular formula is C21H17ClN2O2. The smallest absolute Gasteiger partial charge is 0.257 e. The maximum atomic E-state index is 12.6. The van der Waals surface area contributed by atoms with Gasteiger partial charge in [-0.2, -0.15) is 0 Å². The normalized spacial score (nSPS) is 10.2. The fourth-order valence-corrected chi connectivity index (χ4v) is 2.64. The van der Waals surface area contributed by atoms with Crippen LogP contribution >= 0.6 is 11.6 Å². The summed E-state index contributed by atoms with van der Waals surface area (Å²) < 4.78 is 0. The summed E-state index contributed by atoms with van der Waals surface area (Å²) in [6.07, 6.45) is 0. The van der Waals surface area contributed by atoms with Crippen LogP contribution in [0.4, 0.5) is 11.4 Å². The lowest BCUT2D eigenvalue weighted by molar-refractivity contribution is 0.102. The molecule has 0 unspecified atom stereocenters. The van der Waals surface area contributed by atoms with Crippen LogP contribution in [0.1, 0.15) is 26.3 Å². The number of aryl methyl sites for hydroxylation is 1. The van der Waals surface area contributed by atoms with Gasteiger partial charge in [0.1, 0.15) is 0 Å². The molecule has 4 nitrogen and oxygen atoms in total. The molecule has 3 aromatic carbocycles. The highest BCUT2D eigenvalue weighted by Gasteiger charge is 2.14. The summed E-state index contributed by atoms with van der Waals surface area (Å²) in [6.45, 7) is 1.96. The van der Waals surface area contributed by atoms with Gasteiger partial charge in [0.2, 0.25) is 0 Å². The summed E-state index contributed by atoms with van der Waals surface area (Å²) in [5, 5.41) is 6.12. The van der Waals surface area contributed by atoms with Crippen molar-refractivity contribution in [2.75, 3.05) is 10.6 Å². The molecule has 2 N–H and O–H groups in total. The number of rotatable bonds is 4. The lowest BCUT2D eigenvalue weighted by atomic mass is 10.1. The molecule has 0 spiro atoms. The molecule has 0 aliphatic carbocycles. The molecule has 26 heavy (non-hydrogen) atoms.